The van der Waals surface area contributed by atoms with Gasteiger partial charge in [0.25, 0.3) is 0 Å². The van der Waals surface area contributed by atoms with Crippen molar-refractivity contribution in [2.75, 3.05) is 13.1 Å². The lowest BCUT2D eigenvalue weighted by molar-refractivity contribution is 0.0286. The summed E-state index contributed by atoms with van der Waals surface area (Å²) in [7, 11) is 0. The molecule has 1 fully saturated rings. The molecule has 1 saturated heterocycles. The normalized spacial score (nSPS) is 19.7. The molecule has 128 valence electrons. The highest BCUT2D eigenvalue weighted by atomic mass is 19.1. The Hall–Kier alpha value is -1.62. The molecule has 1 heterocycles. The zero-order valence-corrected chi connectivity index (χ0v) is 14.4. The Balaban J connectivity index is 1.93. The Bertz CT molecular complexity index is 569. The van der Waals surface area contributed by atoms with Crippen LogP contribution in [-0.4, -0.2) is 35.7 Å². The minimum absolute atomic E-state index is 0.0945. The Morgan fingerprint density at radius 2 is 2.17 bits per heavy atom. The second kappa shape index (κ2) is 6.87. The zero-order valence-electron chi connectivity index (χ0n) is 14.4. The number of carbonyl (C=O) groups is 1. The Labute approximate surface area is 137 Å². The van der Waals surface area contributed by atoms with E-state index in [1.807, 2.05) is 27.7 Å². The SMILES string of the molecule is Cc1ccc(F)cc1CC(N)C1CCN(C(=O)OC(C)(C)C)C1. The second-order valence-electron chi connectivity index (χ2n) is 7.41. The molecule has 0 aromatic heterocycles. The van der Waals surface area contributed by atoms with E-state index >= 15 is 0 Å². The minimum atomic E-state index is -0.490. The standard InChI is InChI=1S/C18H27FN2O2/c1-12-5-6-15(19)9-14(12)10-16(20)13-7-8-21(11-13)17(22)23-18(2,3)4/h5-6,9,13,16H,7-8,10-11,20H2,1-4H3. The van der Waals surface area contributed by atoms with E-state index in [-0.39, 0.29) is 23.9 Å². The predicted octanol–water partition coefficient (Wildman–Crippen LogP) is 3.26. The molecule has 1 aliphatic heterocycles. The molecular formula is C18H27FN2O2. The highest BCUT2D eigenvalue weighted by Gasteiger charge is 2.32. The van der Waals surface area contributed by atoms with Crippen molar-refractivity contribution >= 4 is 6.09 Å². The van der Waals surface area contributed by atoms with E-state index in [0.29, 0.717) is 19.5 Å². The van der Waals surface area contributed by atoms with Crippen LogP contribution in [0.2, 0.25) is 0 Å². The summed E-state index contributed by atoms with van der Waals surface area (Å²) >= 11 is 0. The van der Waals surface area contributed by atoms with E-state index in [2.05, 4.69) is 0 Å². The summed E-state index contributed by atoms with van der Waals surface area (Å²) in [4.78, 5) is 13.8. The number of hydrogen-bond acceptors (Lipinski definition) is 3. The van der Waals surface area contributed by atoms with Gasteiger partial charge in [-0.05, 0) is 69.7 Å². The summed E-state index contributed by atoms with van der Waals surface area (Å²) in [5.41, 5.74) is 7.81. The van der Waals surface area contributed by atoms with Crippen molar-refractivity contribution in [2.24, 2.45) is 11.7 Å². The third-order valence-electron chi connectivity index (χ3n) is 4.25. The first-order valence-electron chi connectivity index (χ1n) is 8.14. The number of nitrogens with zero attached hydrogens (tertiary/aromatic N) is 1. The maximum atomic E-state index is 13.4. The first-order valence-corrected chi connectivity index (χ1v) is 8.14. The third kappa shape index (κ3) is 4.93. The lowest BCUT2D eigenvalue weighted by Gasteiger charge is -2.25. The molecule has 0 bridgehead atoms. The zero-order chi connectivity index (χ0) is 17.2. The molecule has 0 radical (unpaired) electrons. The molecule has 5 heteroatoms. The van der Waals surface area contributed by atoms with Crippen LogP contribution in [-0.2, 0) is 11.2 Å². The van der Waals surface area contributed by atoms with Gasteiger partial charge in [0.2, 0.25) is 0 Å². The molecular weight excluding hydrogens is 295 g/mol. The minimum Gasteiger partial charge on any atom is -0.444 e. The van der Waals surface area contributed by atoms with Crippen LogP contribution in [0.5, 0.6) is 0 Å². The molecule has 2 rings (SSSR count). The lowest BCUT2D eigenvalue weighted by Crippen LogP contribution is -2.38. The molecule has 2 atom stereocenters. The van der Waals surface area contributed by atoms with Crippen molar-refractivity contribution in [1.29, 1.82) is 0 Å². The topological polar surface area (TPSA) is 55.6 Å². The third-order valence-corrected chi connectivity index (χ3v) is 4.25. The summed E-state index contributed by atoms with van der Waals surface area (Å²) in [5, 5.41) is 0. The predicted molar refractivity (Wildman–Crippen MR) is 88.7 cm³/mol. The number of likely N-dealkylation sites (tertiary alicyclic amines) is 1. The van der Waals surface area contributed by atoms with Gasteiger partial charge in [-0.1, -0.05) is 6.07 Å². The van der Waals surface area contributed by atoms with Crippen molar-refractivity contribution in [3.05, 3.63) is 35.1 Å². The Morgan fingerprint density at radius 3 is 2.83 bits per heavy atom. The van der Waals surface area contributed by atoms with Crippen molar-refractivity contribution in [1.82, 2.24) is 4.90 Å². The highest BCUT2D eigenvalue weighted by Crippen LogP contribution is 2.24. The van der Waals surface area contributed by atoms with Gasteiger partial charge in [0.15, 0.2) is 0 Å². The number of halogens is 1. The first-order chi connectivity index (χ1) is 10.7. The lowest BCUT2D eigenvalue weighted by atomic mass is 9.92. The van der Waals surface area contributed by atoms with Crippen LogP contribution >= 0.6 is 0 Å². The summed E-state index contributed by atoms with van der Waals surface area (Å²) in [6.07, 6.45) is 1.19. The van der Waals surface area contributed by atoms with E-state index in [4.69, 9.17) is 10.5 Å². The second-order valence-corrected chi connectivity index (χ2v) is 7.41. The van der Waals surface area contributed by atoms with Crippen LogP contribution in [0, 0.1) is 18.7 Å². The number of aryl methyl sites for hydroxylation is 1. The summed E-state index contributed by atoms with van der Waals surface area (Å²) in [6, 6.07) is 4.70. The number of nitrogens with two attached hydrogens (primary N) is 1. The summed E-state index contributed by atoms with van der Waals surface area (Å²) < 4.78 is 18.8. The van der Waals surface area contributed by atoms with Crippen LogP contribution in [0.15, 0.2) is 18.2 Å². The van der Waals surface area contributed by atoms with E-state index in [9.17, 15) is 9.18 Å². The van der Waals surface area contributed by atoms with Gasteiger partial charge in [-0.2, -0.15) is 0 Å². The van der Waals surface area contributed by atoms with Gasteiger partial charge in [0.05, 0.1) is 0 Å². The van der Waals surface area contributed by atoms with E-state index in [1.54, 1.807) is 17.0 Å². The van der Waals surface area contributed by atoms with Gasteiger partial charge in [0.1, 0.15) is 11.4 Å². The van der Waals surface area contributed by atoms with E-state index in [1.165, 1.54) is 6.07 Å². The van der Waals surface area contributed by atoms with Gasteiger partial charge in [-0.3, -0.25) is 0 Å². The maximum absolute atomic E-state index is 13.4. The fourth-order valence-corrected chi connectivity index (χ4v) is 2.91. The Kier molecular flexibility index (Phi) is 5.30. The largest absolute Gasteiger partial charge is 0.444 e. The highest BCUT2D eigenvalue weighted by molar-refractivity contribution is 5.68. The smallest absolute Gasteiger partial charge is 0.410 e. The number of carbonyl (C=O) groups excluding carboxylic acids is 1. The number of hydrogen-bond donors (Lipinski definition) is 1. The van der Waals surface area contributed by atoms with Gasteiger partial charge in [-0.15, -0.1) is 0 Å². The number of ether oxygens (including phenoxy) is 1. The van der Waals surface area contributed by atoms with Crippen LogP contribution in [0.1, 0.15) is 38.3 Å². The average molecular weight is 322 g/mol. The quantitative estimate of drug-likeness (QED) is 0.929. The number of amides is 1. The van der Waals surface area contributed by atoms with Gasteiger partial charge in [0, 0.05) is 19.1 Å². The van der Waals surface area contributed by atoms with Crippen LogP contribution in [0.4, 0.5) is 9.18 Å². The molecule has 0 spiro atoms. The van der Waals surface area contributed by atoms with Crippen molar-refractivity contribution in [3.8, 4) is 0 Å². The fraction of sp³-hybridized carbons (Fsp3) is 0.611. The molecule has 2 N–H and O–H groups in total. The molecule has 1 aromatic carbocycles. The molecule has 1 aromatic rings. The summed E-state index contributed by atoms with van der Waals surface area (Å²) in [5.74, 6) is -0.0233. The number of rotatable bonds is 3. The summed E-state index contributed by atoms with van der Waals surface area (Å²) in [6.45, 7) is 8.80. The molecule has 0 saturated carbocycles. The molecule has 0 aliphatic carbocycles. The van der Waals surface area contributed by atoms with E-state index in [0.717, 1.165) is 17.5 Å². The average Bonchev–Trinajstić information content (AvgIpc) is 2.91. The Morgan fingerprint density at radius 1 is 1.48 bits per heavy atom. The van der Waals surface area contributed by atoms with Crippen LogP contribution < -0.4 is 5.73 Å². The molecule has 4 nitrogen and oxygen atoms in total. The van der Waals surface area contributed by atoms with E-state index < -0.39 is 5.60 Å². The number of benzene rings is 1. The monoisotopic (exact) mass is 322 g/mol. The fourth-order valence-electron chi connectivity index (χ4n) is 2.91. The van der Waals surface area contributed by atoms with Crippen molar-refractivity contribution in [2.45, 2.75) is 52.2 Å². The first kappa shape index (κ1) is 17.7. The van der Waals surface area contributed by atoms with Crippen molar-refractivity contribution < 1.29 is 13.9 Å². The molecule has 1 aliphatic rings. The molecule has 1 amide bonds. The van der Waals surface area contributed by atoms with Gasteiger partial charge < -0.3 is 15.4 Å². The van der Waals surface area contributed by atoms with Gasteiger partial charge >= 0.3 is 6.09 Å². The van der Waals surface area contributed by atoms with Gasteiger partial charge in [-0.25, -0.2) is 9.18 Å². The maximum Gasteiger partial charge on any atom is 0.410 e. The molecule has 23 heavy (non-hydrogen) atoms. The van der Waals surface area contributed by atoms with Crippen LogP contribution in [0.25, 0.3) is 0 Å². The molecule has 2 unspecified atom stereocenters. The van der Waals surface area contributed by atoms with Crippen molar-refractivity contribution in [3.63, 3.8) is 0 Å². The van der Waals surface area contributed by atoms with Crippen LogP contribution in [0.3, 0.4) is 0 Å².